The highest BCUT2D eigenvalue weighted by Crippen LogP contribution is 2.30. The van der Waals surface area contributed by atoms with Crippen molar-refractivity contribution in [1.29, 1.82) is 0 Å². The van der Waals surface area contributed by atoms with Crippen molar-refractivity contribution in [3.05, 3.63) is 90.0 Å². The number of hydrogen-bond donors (Lipinski definition) is 0. The van der Waals surface area contributed by atoms with E-state index in [1.165, 1.54) is 24.9 Å². The van der Waals surface area contributed by atoms with Crippen LogP contribution in [-0.4, -0.2) is 35.6 Å². The van der Waals surface area contributed by atoms with Crippen LogP contribution in [-0.2, 0) is 23.6 Å². The zero-order valence-corrected chi connectivity index (χ0v) is 19.9. The summed E-state index contributed by atoms with van der Waals surface area (Å²) in [5.74, 6) is 1.87. The predicted molar refractivity (Wildman–Crippen MR) is 131 cm³/mol. The van der Waals surface area contributed by atoms with Gasteiger partial charge in [-0.3, -0.25) is 0 Å². The van der Waals surface area contributed by atoms with Crippen LogP contribution in [0.1, 0.15) is 11.4 Å². The Balaban J connectivity index is 1.49. The lowest BCUT2D eigenvalue weighted by Gasteiger charge is -2.13. The van der Waals surface area contributed by atoms with E-state index in [2.05, 4.69) is 22.3 Å². The van der Waals surface area contributed by atoms with Crippen molar-refractivity contribution in [2.24, 2.45) is 0 Å². The number of para-hydroxylation sites is 1. The molecule has 0 bridgehead atoms. The highest BCUT2D eigenvalue weighted by molar-refractivity contribution is 7.98. The fourth-order valence-corrected chi connectivity index (χ4v) is 4.40. The summed E-state index contributed by atoms with van der Waals surface area (Å²) in [5.41, 5.74) is 2.93. The van der Waals surface area contributed by atoms with Gasteiger partial charge in [-0.2, -0.15) is 0 Å². The van der Waals surface area contributed by atoms with E-state index in [0.29, 0.717) is 24.7 Å². The lowest BCUT2D eigenvalue weighted by Crippen LogP contribution is -2.12. The van der Waals surface area contributed by atoms with Gasteiger partial charge < -0.3 is 18.8 Å². The number of halogens is 1. The Bertz CT molecular complexity index is 1220. The number of aromatic nitrogens is 3. The minimum Gasteiger partial charge on any atom is -0.494 e. The van der Waals surface area contributed by atoms with Crippen LogP contribution in [0.15, 0.2) is 78.0 Å². The minimum atomic E-state index is -0.382. The van der Waals surface area contributed by atoms with Crippen molar-refractivity contribution in [1.82, 2.24) is 14.8 Å². The zero-order valence-electron chi connectivity index (χ0n) is 19.1. The number of methoxy groups -OCH3 is 2. The fourth-order valence-electron chi connectivity index (χ4n) is 3.48. The molecule has 0 aliphatic carbocycles. The molecule has 3 aromatic carbocycles. The topological polar surface area (TPSA) is 58.4 Å². The largest absolute Gasteiger partial charge is 0.494 e. The van der Waals surface area contributed by atoms with E-state index < -0.39 is 0 Å². The zero-order chi connectivity index (χ0) is 23.8. The van der Waals surface area contributed by atoms with Crippen molar-refractivity contribution < 1.29 is 18.6 Å². The van der Waals surface area contributed by atoms with E-state index in [1.807, 2.05) is 53.1 Å². The smallest absolute Gasteiger partial charge is 0.191 e. The monoisotopic (exact) mass is 479 g/mol. The van der Waals surface area contributed by atoms with Crippen molar-refractivity contribution in [2.45, 2.75) is 24.1 Å². The van der Waals surface area contributed by atoms with E-state index in [1.54, 1.807) is 13.2 Å². The number of ether oxygens (including phenoxy) is 3. The molecule has 34 heavy (non-hydrogen) atoms. The lowest BCUT2D eigenvalue weighted by molar-refractivity contribution is 0.181. The molecule has 176 valence electrons. The van der Waals surface area contributed by atoms with E-state index in [9.17, 15) is 4.39 Å². The molecule has 0 aliphatic heterocycles. The number of thioether (sulfide) groups is 1. The normalized spacial score (nSPS) is 10.9. The van der Waals surface area contributed by atoms with Crippen LogP contribution in [0.2, 0.25) is 0 Å². The first-order chi connectivity index (χ1) is 16.7. The SMILES string of the molecule is COCCn1c(COc2ccccc2-c2ccccc2)nnc1SCc1ccc(OC)c(F)c1. The van der Waals surface area contributed by atoms with Gasteiger partial charge in [-0.25, -0.2) is 4.39 Å². The molecule has 1 aromatic heterocycles. The van der Waals surface area contributed by atoms with Gasteiger partial charge in [0.05, 0.1) is 13.7 Å². The summed E-state index contributed by atoms with van der Waals surface area (Å²) in [6, 6.07) is 23.0. The predicted octanol–water partition coefficient (Wildman–Crippen LogP) is 5.61. The fraction of sp³-hybridized carbons (Fsp3) is 0.231. The van der Waals surface area contributed by atoms with Gasteiger partial charge in [0.2, 0.25) is 0 Å². The van der Waals surface area contributed by atoms with E-state index in [0.717, 1.165) is 27.6 Å². The maximum atomic E-state index is 14.0. The number of hydrogen-bond acceptors (Lipinski definition) is 6. The molecule has 0 unspecified atom stereocenters. The molecular weight excluding hydrogens is 453 g/mol. The average Bonchev–Trinajstić information content (AvgIpc) is 3.27. The van der Waals surface area contributed by atoms with Gasteiger partial charge in [0, 0.05) is 25.0 Å². The molecule has 6 nitrogen and oxygen atoms in total. The first-order valence-corrected chi connectivity index (χ1v) is 11.8. The highest BCUT2D eigenvalue weighted by Gasteiger charge is 2.15. The molecule has 0 saturated carbocycles. The van der Waals surface area contributed by atoms with E-state index in [-0.39, 0.29) is 18.2 Å². The molecule has 0 atom stereocenters. The third-order valence-corrected chi connectivity index (χ3v) is 6.26. The number of rotatable bonds is 11. The average molecular weight is 480 g/mol. The Morgan fingerprint density at radius 1 is 0.912 bits per heavy atom. The summed E-state index contributed by atoms with van der Waals surface area (Å²) in [5, 5.41) is 9.44. The Kier molecular flexibility index (Phi) is 8.17. The molecule has 0 aliphatic rings. The summed E-state index contributed by atoms with van der Waals surface area (Å²) in [4.78, 5) is 0. The molecule has 0 fully saturated rings. The molecule has 4 rings (SSSR count). The first kappa shape index (κ1) is 23.8. The second-order valence-electron chi connectivity index (χ2n) is 7.45. The minimum absolute atomic E-state index is 0.229. The van der Waals surface area contributed by atoms with E-state index in [4.69, 9.17) is 14.2 Å². The second kappa shape index (κ2) is 11.7. The van der Waals surface area contributed by atoms with Crippen LogP contribution < -0.4 is 9.47 Å². The summed E-state index contributed by atoms with van der Waals surface area (Å²) in [6.45, 7) is 1.36. The number of benzene rings is 3. The Morgan fingerprint density at radius 2 is 1.71 bits per heavy atom. The third kappa shape index (κ3) is 5.76. The molecule has 1 heterocycles. The summed E-state index contributed by atoms with van der Waals surface area (Å²) in [7, 11) is 3.11. The quantitative estimate of drug-likeness (QED) is 0.261. The summed E-state index contributed by atoms with van der Waals surface area (Å²) < 4.78 is 32.5. The van der Waals surface area contributed by atoms with Crippen LogP contribution >= 0.6 is 11.8 Å². The lowest BCUT2D eigenvalue weighted by atomic mass is 10.1. The Morgan fingerprint density at radius 3 is 2.47 bits per heavy atom. The van der Waals surface area contributed by atoms with Gasteiger partial charge in [-0.1, -0.05) is 66.4 Å². The van der Waals surface area contributed by atoms with Crippen LogP contribution in [0, 0.1) is 5.82 Å². The van der Waals surface area contributed by atoms with Gasteiger partial charge in [0.15, 0.2) is 22.5 Å². The van der Waals surface area contributed by atoms with Crippen molar-refractivity contribution >= 4 is 11.8 Å². The molecule has 0 amide bonds. The molecule has 0 radical (unpaired) electrons. The molecule has 8 heteroatoms. The Labute approximate surface area is 202 Å². The van der Waals surface area contributed by atoms with Crippen LogP contribution in [0.3, 0.4) is 0 Å². The maximum absolute atomic E-state index is 14.0. The molecule has 0 N–H and O–H groups in total. The molecular formula is C26H26FN3O3S. The van der Waals surface area contributed by atoms with Crippen molar-refractivity contribution in [3.8, 4) is 22.6 Å². The summed E-state index contributed by atoms with van der Waals surface area (Å²) >= 11 is 1.49. The summed E-state index contributed by atoms with van der Waals surface area (Å²) in [6.07, 6.45) is 0. The van der Waals surface area contributed by atoms with Crippen LogP contribution in [0.5, 0.6) is 11.5 Å². The van der Waals surface area contributed by atoms with Gasteiger partial charge in [0.1, 0.15) is 12.4 Å². The molecule has 0 spiro atoms. The standard InChI is InChI=1S/C26H26FN3O3S/c1-31-15-14-30-25(17-33-23-11-7-6-10-21(23)20-8-4-3-5-9-20)28-29-26(30)34-18-19-12-13-24(32-2)22(27)16-19/h3-13,16H,14-15,17-18H2,1-2H3. The first-order valence-electron chi connectivity index (χ1n) is 10.8. The van der Waals surface area contributed by atoms with Gasteiger partial charge in [-0.05, 0) is 29.3 Å². The van der Waals surface area contributed by atoms with E-state index >= 15 is 0 Å². The van der Waals surface area contributed by atoms with Crippen LogP contribution in [0.25, 0.3) is 11.1 Å². The Hall–Kier alpha value is -3.36. The van der Waals surface area contributed by atoms with Gasteiger partial charge in [0.25, 0.3) is 0 Å². The van der Waals surface area contributed by atoms with Crippen molar-refractivity contribution in [3.63, 3.8) is 0 Å². The second-order valence-corrected chi connectivity index (χ2v) is 8.39. The van der Waals surface area contributed by atoms with Gasteiger partial charge >= 0.3 is 0 Å². The third-order valence-electron chi connectivity index (χ3n) is 5.23. The van der Waals surface area contributed by atoms with Crippen molar-refractivity contribution in [2.75, 3.05) is 20.8 Å². The highest BCUT2D eigenvalue weighted by atomic mass is 32.2. The number of nitrogens with zero attached hydrogens (tertiary/aromatic N) is 3. The molecule has 0 saturated heterocycles. The maximum Gasteiger partial charge on any atom is 0.191 e. The molecule has 4 aromatic rings. The van der Waals surface area contributed by atoms with Gasteiger partial charge in [-0.15, -0.1) is 10.2 Å². The van der Waals surface area contributed by atoms with Crippen LogP contribution in [0.4, 0.5) is 4.39 Å².